The second kappa shape index (κ2) is 7.22. The molecule has 23 heavy (non-hydrogen) atoms. The number of aromatic nitrogens is 2. The Morgan fingerprint density at radius 1 is 0.957 bits per heavy atom. The summed E-state index contributed by atoms with van der Waals surface area (Å²) in [5.41, 5.74) is 8.12. The van der Waals surface area contributed by atoms with E-state index >= 15 is 0 Å². The molecule has 0 spiro atoms. The number of carbonyl (C=O) groups is 1. The summed E-state index contributed by atoms with van der Waals surface area (Å²) < 4.78 is 0. The van der Waals surface area contributed by atoms with Crippen molar-refractivity contribution >= 4 is 11.7 Å². The molecule has 0 atom stereocenters. The van der Waals surface area contributed by atoms with Gasteiger partial charge in [-0.15, -0.1) is 0 Å². The molecular formula is C18H22N4O. The van der Waals surface area contributed by atoms with Gasteiger partial charge >= 0.3 is 0 Å². The lowest BCUT2D eigenvalue weighted by molar-refractivity contribution is 0.0742. The number of nitrogen functional groups attached to an aromatic ring is 1. The number of nitrogens with two attached hydrogens (primary N) is 1. The Kier molecular flexibility index (Phi) is 4.86. The van der Waals surface area contributed by atoms with Gasteiger partial charge in [-0.3, -0.25) is 4.79 Å². The monoisotopic (exact) mass is 310 g/mol. The summed E-state index contributed by atoms with van der Waals surface area (Å²) in [5, 5.41) is 0. The van der Waals surface area contributed by atoms with E-state index in [1.165, 1.54) is 25.6 Å². The van der Waals surface area contributed by atoms with Gasteiger partial charge in [0.05, 0.1) is 5.69 Å². The Labute approximate surface area is 136 Å². The molecule has 0 aliphatic carbocycles. The number of amides is 1. The Morgan fingerprint density at radius 2 is 1.61 bits per heavy atom. The van der Waals surface area contributed by atoms with Crippen molar-refractivity contribution < 1.29 is 4.79 Å². The summed E-state index contributed by atoms with van der Waals surface area (Å²) in [6.07, 6.45) is 7.38. The number of hydrogen-bond donors (Lipinski definition) is 1. The SMILES string of the molecule is Nc1cc(-c2ccc(C(=O)N3CCCCCCC3)cc2)ncn1. The zero-order chi connectivity index (χ0) is 16.1. The molecule has 5 nitrogen and oxygen atoms in total. The van der Waals surface area contributed by atoms with E-state index in [4.69, 9.17) is 5.73 Å². The van der Waals surface area contributed by atoms with Crippen molar-refractivity contribution in [2.75, 3.05) is 18.8 Å². The largest absolute Gasteiger partial charge is 0.384 e. The third kappa shape index (κ3) is 3.86. The summed E-state index contributed by atoms with van der Waals surface area (Å²) in [6, 6.07) is 9.30. The molecular weight excluding hydrogens is 288 g/mol. The zero-order valence-electron chi connectivity index (χ0n) is 13.2. The predicted molar refractivity (Wildman–Crippen MR) is 90.9 cm³/mol. The van der Waals surface area contributed by atoms with Crippen LogP contribution in [0.1, 0.15) is 42.5 Å². The zero-order valence-corrected chi connectivity index (χ0v) is 13.2. The van der Waals surface area contributed by atoms with Gasteiger partial charge in [0, 0.05) is 30.3 Å². The topological polar surface area (TPSA) is 72.1 Å². The van der Waals surface area contributed by atoms with Gasteiger partial charge in [-0.05, 0) is 25.0 Å². The van der Waals surface area contributed by atoms with Crippen molar-refractivity contribution in [3.05, 3.63) is 42.2 Å². The smallest absolute Gasteiger partial charge is 0.253 e. The number of likely N-dealkylation sites (tertiary alicyclic amines) is 1. The molecule has 1 aromatic heterocycles. The van der Waals surface area contributed by atoms with Crippen LogP contribution in [0.15, 0.2) is 36.7 Å². The molecule has 1 aliphatic heterocycles. The van der Waals surface area contributed by atoms with Crippen LogP contribution in [0.3, 0.4) is 0 Å². The minimum Gasteiger partial charge on any atom is -0.384 e. The van der Waals surface area contributed by atoms with Crippen LogP contribution in [0, 0.1) is 0 Å². The normalized spacial score (nSPS) is 15.7. The maximum Gasteiger partial charge on any atom is 0.253 e. The molecule has 5 heteroatoms. The standard InChI is InChI=1S/C18H22N4O/c19-17-12-16(20-13-21-17)14-6-8-15(9-7-14)18(23)22-10-4-2-1-3-5-11-22/h6-9,12-13H,1-5,10-11H2,(H2,19,20,21). The molecule has 1 aliphatic rings. The van der Waals surface area contributed by atoms with Crippen molar-refractivity contribution in [3.8, 4) is 11.3 Å². The molecule has 1 fully saturated rings. The first-order chi connectivity index (χ1) is 11.2. The minimum atomic E-state index is 0.126. The van der Waals surface area contributed by atoms with Crippen LogP contribution in [-0.2, 0) is 0 Å². The van der Waals surface area contributed by atoms with Gasteiger partial charge in [0.15, 0.2) is 0 Å². The lowest BCUT2D eigenvalue weighted by Gasteiger charge is -2.24. The highest BCUT2D eigenvalue weighted by atomic mass is 16.2. The van der Waals surface area contributed by atoms with Crippen molar-refractivity contribution in [2.45, 2.75) is 32.1 Å². The van der Waals surface area contributed by atoms with Gasteiger partial charge in [-0.25, -0.2) is 9.97 Å². The molecule has 2 heterocycles. The molecule has 0 bridgehead atoms. The number of carbonyl (C=O) groups excluding carboxylic acids is 1. The first-order valence-electron chi connectivity index (χ1n) is 8.21. The fourth-order valence-electron chi connectivity index (χ4n) is 2.95. The van der Waals surface area contributed by atoms with Gasteiger partial charge in [0.1, 0.15) is 12.1 Å². The second-order valence-electron chi connectivity index (χ2n) is 5.97. The van der Waals surface area contributed by atoms with Crippen LogP contribution in [-0.4, -0.2) is 33.9 Å². The fraction of sp³-hybridized carbons (Fsp3) is 0.389. The van der Waals surface area contributed by atoms with Crippen LogP contribution in [0.25, 0.3) is 11.3 Å². The van der Waals surface area contributed by atoms with Gasteiger partial charge in [-0.2, -0.15) is 0 Å². The van der Waals surface area contributed by atoms with Crippen LogP contribution < -0.4 is 5.73 Å². The van der Waals surface area contributed by atoms with Crippen molar-refractivity contribution in [3.63, 3.8) is 0 Å². The van der Waals surface area contributed by atoms with E-state index in [9.17, 15) is 4.79 Å². The number of rotatable bonds is 2. The summed E-state index contributed by atoms with van der Waals surface area (Å²) in [7, 11) is 0. The fourth-order valence-corrected chi connectivity index (χ4v) is 2.95. The number of nitrogens with zero attached hydrogens (tertiary/aromatic N) is 3. The highest BCUT2D eigenvalue weighted by molar-refractivity contribution is 5.94. The van der Waals surface area contributed by atoms with E-state index in [1.54, 1.807) is 6.07 Å². The molecule has 120 valence electrons. The van der Waals surface area contributed by atoms with E-state index in [-0.39, 0.29) is 5.91 Å². The van der Waals surface area contributed by atoms with E-state index in [2.05, 4.69) is 9.97 Å². The number of benzene rings is 1. The molecule has 0 unspecified atom stereocenters. The van der Waals surface area contributed by atoms with E-state index in [0.717, 1.165) is 42.8 Å². The third-order valence-electron chi connectivity index (χ3n) is 4.26. The first kappa shape index (κ1) is 15.5. The average Bonchev–Trinajstić information content (AvgIpc) is 2.54. The lowest BCUT2D eigenvalue weighted by Crippen LogP contribution is -2.33. The third-order valence-corrected chi connectivity index (χ3v) is 4.26. The molecule has 0 saturated carbocycles. The average molecular weight is 310 g/mol. The van der Waals surface area contributed by atoms with Crippen LogP contribution in [0.4, 0.5) is 5.82 Å². The molecule has 2 aromatic rings. The van der Waals surface area contributed by atoms with Crippen LogP contribution >= 0.6 is 0 Å². The van der Waals surface area contributed by atoms with Gasteiger partial charge in [-0.1, -0.05) is 31.4 Å². The quantitative estimate of drug-likeness (QED) is 0.925. The number of anilines is 1. The van der Waals surface area contributed by atoms with Crippen molar-refractivity contribution in [1.29, 1.82) is 0 Å². The maximum absolute atomic E-state index is 12.6. The van der Waals surface area contributed by atoms with E-state index in [1.807, 2.05) is 29.2 Å². The highest BCUT2D eigenvalue weighted by Crippen LogP contribution is 2.20. The van der Waals surface area contributed by atoms with Crippen molar-refractivity contribution in [2.24, 2.45) is 0 Å². The van der Waals surface area contributed by atoms with Crippen LogP contribution in [0.5, 0.6) is 0 Å². The Morgan fingerprint density at radius 3 is 2.26 bits per heavy atom. The molecule has 1 aromatic carbocycles. The van der Waals surface area contributed by atoms with E-state index < -0.39 is 0 Å². The second-order valence-corrected chi connectivity index (χ2v) is 5.97. The molecule has 1 amide bonds. The van der Waals surface area contributed by atoms with Crippen molar-refractivity contribution in [1.82, 2.24) is 14.9 Å². The Hall–Kier alpha value is -2.43. The Balaban J connectivity index is 1.74. The maximum atomic E-state index is 12.6. The minimum absolute atomic E-state index is 0.126. The first-order valence-corrected chi connectivity index (χ1v) is 8.21. The molecule has 3 rings (SSSR count). The van der Waals surface area contributed by atoms with Gasteiger partial charge in [0.2, 0.25) is 0 Å². The summed E-state index contributed by atoms with van der Waals surface area (Å²) >= 11 is 0. The molecule has 2 N–H and O–H groups in total. The molecule has 0 radical (unpaired) electrons. The van der Waals surface area contributed by atoms with Crippen LogP contribution in [0.2, 0.25) is 0 Å². The predicted octanol–water partition coefficient (Wildman–Crippen LogP) is 3.13. The number of hydrogen-bond acceptors (Lipinski definition) is 4. The summed E-state index contributed by atoms with van der Waals surface area (Å²) in [6.45, 7) is 1.73. The van der Waals surface area contributed by atoms with Gasteiger partial charge in [0.25, 0.3) is 5.91 Å². The Bertz CT molecular complexity index is 661. The van der Waals surface area contributed by atoms with E-state index in [0.29, 0.717) is 5.82 Å². The van der Waals surface area contributed by atoms with Gasteiger partial charge < -0.3 is 10.6 Å². The highest BCUT2D eigenvalue weighted by Gasteiger charge is 2.16. The lowest BCUT2D eigenvalue weighted by atomic mass is 10.1. The summed E-state index contributed by atoms with van der Waals surface area (Å²) in [5.74, 6) is 0.566. The molecule has 1 saturated heterocycles. The summed E-state index contributed by atoms with van der Waals surface area (Å²) in [4.78, 5) is 22.7.